The minimum atomic E-state index is -3.60. The summed E-state index contributed by atoms with van der Waals surface area (Å²) in [5.74, 6) is 0.659. The fourth-order valence-corrected chi connectivity index (χ4v) is 4.69. The monoisotopic (exact) mass is 386 g/mol. The minimum Gasteiger partial charge on any atom is -0.494 e. The number of nitrogens with one attached hydrogen (secondary N) is 2. The van der Waals surface area contributed by atoms with Crippen molar-refractivity contribution < 1.29 is 13.2 Å². The molecule has 0 amide bonds. The minimum absolute atomic E-state index is 0.234. The van der Waals surface area contributed by atoms with Gasteiger partial charge in [-0.1, -0.05) is 32.0 Å². The van der Waals surface area contributed by atoms with Gasteiger partial charge in [-0.3, -0.25) is 0 Å². The summed E-state index contributed by atoms with van der Waals surface area (Å²) in [6.07, 6.45) is 0. The van der Waals surface area contributed by atoms with E-state index in [0.717, 1.165) is 22.2 Å². The maximum absolute atomic E-state index is 12.7. The number of hydrogen-bond donors (Lipinski definition) is 2. The highest BCUT2D eigenvalue weighted by atomic mass is 32.2. The van der Waals surface area contributed by atoms with Crippen LogP contribution in [0.5, 0.6) is 5.75 Å². The number of aryl methyl sites for hydroxylation is 1. The van der Waals surface area contributed by atoms with Crippen LogP contribution in [-0.4, -0.2) is 26.6 Å². The predicted molar refractivity (Wildman–Crippen MR) is 109 cm³/mol. The number of aromatic nitrogens is 1. The van der Waals surface area contributed by atoms with Gasteiger partial charge < -0.3 is 9.72 Å². The normalized spacial score (nSPS) is 12.4. The molecule has 27 heavy (non-hydrogen) atoms. The first kappa shape index (κ1) is 19.5. The third-order valence-corrected chi connectivity index (χ3v) is 6.14. The van der Waals surface area contributed by atoms with E-state index in [9.17, 15) is 8.42 Å². The number of para-hydroxylation sites is 1. The summed E-state index contributed by atoms with van der Waals surface area (Å²) >= 11 is 0. The van der Waals surface area contributed by atoms with Gasteiger partial charge in [0, 0.05) is 28.6 Å². The standard InChI is InChI=1S/C21H26N2O3S/c1-5-26-16-10-12-17(13-11-16)27(24,25)22-14-21(3,4)20-15(2)23-19-9-7-6-8-18(19)20/h6-13,22-23H,5,14H2,1-4H3. The van der Waals surface area contributed by atoms with Gasteiger partial charge in [0.15, 0.2) is 0 Å². The van der Waals surface area contributed by atoms with Crippen molar-refractivity contribution in [2.75, 3.05) is 13.2 Å². The average molecular weight is 387 g/mol. The van der Waals surface area contributed by atoms with Crippen molar-refractivity contribution in [1.82, 2.24) is 9.71 Å². The Balaban J connectivity index is 1.82. The fourth-order valence-electron chi connectivity index (χ4n) is 3.48. The van der Waals surface area contributed by atoms with Gasteiger partial charge in [-0.2, -0.15) is 0 Å². The summed E-state index contributed by atoms with van der Waals surface area (Å²) < 4.78 is 33.5. The molecule has 0 aliphatic rings. The summed E-state index contributed by atoms with van der Waals surface area (Å²) in [6.45, 7) is 8.86. The zero-order valence-corrected chi connectivity index (χ0v) is 17.0. The number of hydrogen-bond acceptors (Lipinski definition) is 3. The molecular formula is C21H26N2O3S. The zero-order chi connectivity index (χ0) is 19.7. The van der Waals surface area contributed by atoms with Crippen LogP contribution < -0.4 is 9.46 Å². The molecule has 0 saturated heterocycles. The van der Waals surface area contributed by atoms with E-state index >= 15 is 0 Å². The molecule has 0 atom stereocenters. The molecule has 0 spiro atoms. The maximum atomic E-state index is 12.7. The van der Waals surface area contributed by atoms with Gasteiger partial charge in [-0.15, -0.1) is 0 Å². The van der Waals surface area contributed by atoms with Crippen LogP contribution in [0.3, 0.4) is 0 Å². The lowest BCUT2D eigenvalue weighted by Crippen LogP contribution is -2.37. The molecule has 2 aromatic carbocycles. The Labute approximate surface area is 160 Å². The largest absolute Gasteiger partial charge is 0.494 e. The van der Waals surface area contributed by atoms with Crippen molar-refractivity contribution in [1.29, 1.82) is 0 Å². The van der Waals surface area contributed by atoms with E-state index in [-0.39, 0.29) is 10.3 Å². The molecule has 0 bridgehead atoms. The van der Waals surface area contributed by atoms with Gasteiger partial charge in [0.1, 0.15) is 5.75 Å². The molecule has 0 saturated carbocycles. The molecule has 6 heteroatoms. The quantitative estimate of drug-likeness (QED) is 0.641. The van der Waals surface area contributed by atoms with Crippen molar-refractivity contribution in [3.05, 3.63) is 59.8 Å². The second-order valence-electron chi connectivity index (χ2n) is 7.28. The van der Waals surface area contributed by atoms with Crippen LogP contribution >= 0.6 is 0 Å². The summed E-state index contributed by atoms with van der Waals surface area (Å²) in [7, 11) is -3.60. The lowest BCUT2D eigenvalue weighted by Gasteiger charge is -2.26. The Morgan fingerprint density at radius 2 is 1.74 bits per heavy atom. The van der Waals surface area contributed by atoms with Crippen molar-refractivity contribution in [2.24, 2.45) is 0 Å². The highest BCUT2D eigenvalue weighted by Crippen LogP contribution is 2.33. The van der Waals surface area contributed by atoms with E-state index in [1.807, 2.05) is 32.0 Å². The van der Waals surface area contributed by atoms with Crippen molar-refractivity contribution >= 4 is 20.9 Å². The summed E-state index contributed by atoms with van der Waals surface area (Å²) in [4.78, 5) is 3.62. The zero-order valence-electron chi connectivity index (χ0n) is 16.2. The smallest absolute Gasteiger partial charge is 0.240 e. The number of H-pyrrole nitrogens is 1. The van der Waals surface area contributed by atoms with Gasteiger partial charge >= 0.3 is 0 Å². The molecule has 0 radical (unpaired) electrons. The Kier molecular flexibility index (Phi) is 5.31. The molecule has 3 aromatic rings. The van der Waals surface area contributed by atoms with E-state index in [1.165, 1.54) is 0 Å². The topological polar surface area (TPSA) is 71.2 Å². The van der Waals surface area contributed by atoms with E-state index < -0.39 is 10.0 Å². The number of rotatable bonds is 7. The molecular weight excluding hydrogens is 360 g/mol. The van der Waals surface area contributed by atoms with Gasteiger partial charge in [-0.25, -0.2) is 13.1 Å². The SMILES string of the molecule is CCOc1ccc(S(=O)(=O)NCC(C)(C)c2c(C)[nH]c3ccccc23)cc1. The number of sulfonamides is 1. The number of benzene rings is 2. The Morgan fingerprint density at radius 1 is 1.07 bits per heavy atom. The van der Waals surface area contributed by atoms with Crippen LogP contribution in [0.4, 0.5) is 0 Å². The third-order valence-electron chi connectivity index (χ3n) is 4.72. The van der Waals surface area contributed by atoms with Gasteiger partial charge in [0.05, 0.1) is 11.5 Å². The fraction of sp³-hybridized carbons (Fsp3) is 0.333. The maximum Gasteiger partial charge on any atom is 0.240 e. The van der Waals surface area contributed by atoms with E-state index in [2.05, 4.69) is 29.6 Å². The number of fused-ring (bicyclic) bond motifs is 1. The van der Waals surface area contributed by atoms with Crippen molar-refractivity contribution in [3.8, 4) is 5.75 Å². The molecule has 0 unspecified atom stereocenters. The van der Waals surface area contributed by atoms with E-state index in [1.54, 1.807) is 24.3 Å². The summed E-state index contributed by atoms with van der Waals surface area (Å²) in [6, 6.07) is 14.6. The van der Waals surface area contributed by atoms with Gasteiger partial charge in [-0.05, 0) is 49.7 Å². The van der Waals surface area contributed by atoms with Crippen LogP contribution in [0.15, 0.2) is 53.4 Å². The number of ether oxygens (including phenoxy) is 1. The van der Waals surface area contributed by atoms with Crippen LogP contribution in [0.1, 0.15) is 32.0 Å². The molecule has 5 nitrogen and oxygen atoms in total. The van der Waals surface area contributed by atoms with Gasteiger partial charge in [0.2, 0.25) is 10.0 Å². The first-order valence-electron chi connectivity index (χ1n) is 9.05. The number of aromatic amines is 1. The second-order valence-corrected chi connectivity index (χ2v) is 9.05. The molecule has 1 aromatic heterocycles. The van der Waals surface area contributed by atoms with Crippen LogP contribution in [-0.2, 0) is 15.4 Å². The molecule has 144 valence electrons. The van der Waals surface area contributed by atoms with Crippen LogP contribution in [0, 0.1) is 6.92 Å². The predicted octanol–water partition coefficient (Wildman–Crippen LogP) is 4.13. The molecule has 3 rings (SSSR count). The summed E-state index contributed by atoms with van der Waals surface area (Å²) in [5, 5.41) is 1.13. The van der Waals surface area contributed by atoms with Crippen LogP contribution in [0.25, 0.3) is 10.9 Å². The summed E-state index contributed by atoms with van der Waals surface area (Å²) in [5.41, 5.74) is 2.88. The van der Waals surface area contributed by atoms with E-state index in [4.69, 9.17) is 4.74 Å². The third kappa shape index (κ3) is 4.01. The second kappa shape index (κ2) is 7.37. The lowest BCUT2D eigenvalue weighted by molar-refractivity contribution is 0.340. The first-order chi connectivity index (χ1) is 12.7. The molecule has 0 fully saturated rings. The Morgan fingerprint density at radius 3 is 2.41 bits per heavy atom. The molecule has 2 N–H and O–H groups in total. The molecule has 0 aliphatic carbocycles. The lowest BCUT2D eigenvalue weighted by atomic mass is 9.83. The molecule has 1 heterocycles. The Hall–Kier alpha value is -2.31. The highest BCUT2D eigenvalue weighted by Gasteiger charge is 2.28. The first-order valence-corrected chi connectivity index (χ1v) is 10.5. The van der Waals surface area contributed by atoms with Crippen LogP contribution in [0.2, 0.25) is 0 Å². The highest BCUT2D eigenvalue weighted by molar-refractivity contribution is 7.89. The average Bonchev–Trinajstić information content (AvgIpc) is 2.97. The van der Waals surface area contributed by atoms with E-state index in [0.29, 0.717) is 18.9 Å². The molecule has 0 aliphatic heterocycles. The van der Waals surface area contributed by atoms with Crippen molar-refractivity contribution in [3.63, 3.8) is 0 Å². The Bertz CT molecular complexity index is 1030. The van der Waals surface area contributed by atoms with Crippen molar-refractivity contribution in [2.45, 2.75) is 38.0 Å². The van der Waals surface area contributed by atoms with Gasteiger partial charge in [0.25, 0.3) is 0 Å².